The number of hydrogen-bond acceptors (Lipinski definition) is 2. The molecule has 0 saturated carbocycles. The number of halogens is 1. The van der Waals surface area contributed by atoms with Crippen molar-refractivity contribution in [1.82, 2.24) is 0 Å². The number of nitrogens with two attached hydrogens (primary N) is 1. The summed E-state index contributed by atoms with van der Waals surface area (Å²) in [6, 6.07) is 0. The molecule has 2 unspecified atom stereocenters. The van der Waals surface area contributed by atoms with E-state index in [0.29, 0.717) is 13.2 Å². The van der Waals surface area contributed by atoms with Crippen LogP contribution in [0.5, 0.6) is 0 Å². The highest BCUT2D eigenvalue weighted by atomic mass is 19.1. The second-order valence-corrected chi connectivity index (χ2v) is 4.88. The minimum atomic E-state index is -1.29. The van der Waals surface area contributed by atoms with E-state index >= 15 is 0 Å². The number of hydrogen-bond donors (Lipinski definition) is 1. The highest BCUT2D eigenvalue weighted by Gasteiger charge is 2.48. The average Bonchev–Trinajstić information content (AvgIpc) is 2.52. The molecule has 1 heterocycles. The van der Waals surface area contributed by atoms with Crippen LogP contribution in [0.2, 0.25) is 0 Å². The third kappa shape index (κ3) is 1.86. The molecular formula is C10H20FNO. The molecule has 0 aromatic carbocycles. The highest BCUT2D eigenvalue weighted by molar-refractivity contribution is 4.98. The van der Waals surface area contributed by atoms with Gasteiger partial charge in [-0.25, -0.2) is 4.39 Å². The zero-order valence-corrected chi connectivity index (χ0v) is 8.77. The Morgan fingerprint density at radius 3 is 2.38 bits per heavy atom. The smallest absolute Gasteiger partial charge is 0.133 e. The Morgan fingerprint density at radius 1 is 1.46 bits per heavy atom. The van der Waals surface area contributed by atoms with E-state index in [9.17, 15) is 4.39 Å². The van der Waals surface area contributed by atoms with E-state index in [1.54, 1.807) is 0 Å². The van der Waals surface area contributed by atoms with Crippen LogP contribution in [0.4, 0.5) is 4.39 Å². The van der Waals surface area contributed by atoms with Crippen molar-refractivity contribution in [3.05, 3.63) is 0 Å². The van der Waals surface area contributed by atoms with Crippen LogP contribution in [0.3, 0.4) is 0 Å². The van der Waals surface area contributed by atoms with Crippen LogP contribution in [-0.4, -0.2) is 25.4 Å². The van der Waals surface area contributed by atoms with Crippen molar-refractivity contribution < 1.29 is 9.13 Å². The highest BCUT2D eigenvalue weighted by Crippen LogP contribution is 2.42. The first-order valence-electron chi connectivity index (χ1n) is 4.88. The third-order valence-corrected chi connectivity index (χ3v) is 3.12. The Morgan fingerprint density at radius 2 is 2.08 bits per heavy atom. The largest absolute Gasteiger partial charge is 0.381 e. The number of rotatable bonds is 2. The topological polar surface area (TPSA) is 35.2 Å². The molecule has 0 amide bonds. The molecule has 1 aliphatic rings. The molecule has 2 N–H and O–H groups in total. The maximum atomic E-state index is 14.5. The molecule has 0 aliphatic carbocycles. The maximum Gasteiger partial charge on any atom is 0.133 e. The fourth-order valence-corrected chi connectivity index (χ4v) is 1.98. The van der Waals surface area contributed by atoms with E-state index in [1.807, 2.05) is 20.8 Å². The Labute approximate surface area is 79.6 Å². The average molecular weight is 189 g/mol. The van der Waals surface area contributed by atoms with E-state index in [1.165, 1.54) is 0 Å². The van der Waals surface area contributed by atoms with Crippen molar-refractivity contribution in [1.29, 1.82) is 0 Å². The second kappa shape index (κ2) is 3.54. The summed E-state index contributed by atoms with van der Waals surface area (Å²) < 4.78 is 19.7. The van der Waals surface area contributed by atoms with Crippen molar-refractivity contribution in [2.24, 2.45) is 17.1 Å². The van der Waals surface area contributed by atoms with Crippen molar-refractivity contribution >= 4 is 0 Å². The van der Waals surface area contributed by atoms with Gasteiger partial charge in [-0.3, -0.25) is 0 Å². The van der Waals surface area contributed by atoms with Gasteiger partial charge in [0.05, 0.1) is 6.61 Å². The van der Waals surface area contributed by atoms with Crippen LogP contribution in [0, 0.1) is 11.3 Å². The molecule has 0 spiro atoms. The lowest BCUT2D eigenvalue weighted by atomic mass is 9.70. The summed E-state index contributed by atoms with van der Waals surface area (Å²) in [5.74, 6) is -0.0301. The maximum absolute atomic E-state index is 14.5. The molecule has 1 saturated heterocycles. The minimum Gasteiger partial charge on any atom is -0.381 e. The Hall–Kier alpha value is -0.150. The van der Waals surface area contributed by atoms with Crippen LogP contribution in [0.15, 0.2) is 0 Å². The van der Waals surface area contributed by atoms with Crippen molar-refractivity contribution in [3.63, 3.8) is 0 Å². The summed E-state index contributed by atoms with van der Waals surface area (Å²) >= 11 is 0. The van der Waals surface area contributed by atoms with Gasteiger partial charge in [-0.05, 0) is 11.8 Å². The Balaban J connectivity index is 2.79. The van der Waals surface area contributed by atoms with Crippen molar-refractivity contribution in [2.45, 2.75) is 32.9 Å². The summed E-state index contributed by atoms with van der Waals surface area (Å²) in [4.78, 5) is 0. The lowest BCUT2D eigenvalue weighted by molar-refractivity contribution is -0.0229. The van der Waals surface area contributed by atoms with Crippen LogP contribution in [0.1, 0.15) is 27.2 Å². The standard InChI is InChI=1S/C10H20FNO/c1-9(2,3)10(11,7-12)8-4-5-13-6-8/h8H,4-7,12H2,1-3H3. The van der Waals surface area contributed by atoms with Gasteiger partial charge in [0.1, 0.15) is 5.67 Å². The predicted molar refractivity (Wildman–Crippen MR) is 51.3 cm³/mol. The molecule has 0 radical (unpaired) electrons. The molecule has 3 heteroatoms. The number of alkyl halides is 1. The Bertz CT molecular complexity index is 172. The molecule has 0 bridgehead atoms. The predicted octanol–water partition coefficient (Wildman–Crippen LogP) is 1.74. The zero-order valence-electron chi connectivity index (χ0n) is 8.77. The molecule has 1 fully saturated rings. The van der Waals surface area contributed by atoms with E-state index < -0.39 is 11.1 Å². The SMILES string of the molecule is CC(C)(C)C(F)(CN)C1CCOC1. The van der Waals surface area contributed by atoms with Crippen LogP contribution < -0.4 is 5.73 Å². The monoisotopic (exact) mass is 189 g/mol. The third-order valence-electron chi connectivity index (χ3n) is 3.12. The summed E-state index contributed by atoms with van der Waals surface area (Å²) in [5, 5.41) is 0. The molecule has 1 aliphatic heterocycles. The first-order valence-corrected chi connectivity index (χ1v) is 4.88. The Kier molecular flexibility index (Phi) is 2.98. The van der Waals surface area contributed by atoms with Gasteiger partial charge in [-0.15, -0.1) is 0 Å². The lowest BCUT2D eigenvalue weighted by Crippen LogP contribution is -2.51. The van der Waals surface area contributed by atoms with Gasteiger partial charge >= 0.3 is 0 Å². The van der Waals surface area contributed by atoms with E-state index in [0.717, 1.165) is 6.42 Å². The molecule has 0 aromatic rings. The fraction of sp³-hybridized carbons (Fsp3) is 1.00. The molecule has 2 atom stereocenters. The van der Waals surface area contributed by atoms with Crippen LogP contribution in [-0.2, 0) is 4.74 Å². The van der Waals surface area contributed by atoms with Gasteiger partial charge in [0, 0.05) is 19.1 Å². The number of ether oxygens (including phenoxy) is 1. The molecule has 1 rings (SSSR count). The molecule has 78 valence electrons. The van der Waals surface area contributed by atoms with Crippen molar-refractivity contribution in [3.8, 4) is 0 Å². The van der Waals surface area contributed by atoms with Crippen molar-refractivity contribution in [2.75, 3.05) is 19.8 Å². The van der Waals surface area contributed by atoms with Gasteiger partial charge in [-0.1, -0.05) is 20.8 Å². The molecule has 13 heavy (non-hydrogen) atoms. The first kappa shape index (κ1) is 10.9. The molecule has 0 aromatic heterocycles. The van der Waals surface area contributed by atoms with E-state index in [2.05, 4.69) is 0 Å². The quantitative estimate of drug-likeness (QED) is 0.718. The van der Waals surface area contributed by atoms with Gasteiger partial charge in [-0.2, -0.15) is 0 Å². The summed E-state index contributed by atoms with van der Waals surface area (Å²) in [5.41, 5.74) is 3.85. The summed E-state index contributed by atoms with van der Waals surface area (Å²) in [6.07, 6.45) is 0.797. The molecule has 2 nitrogen and oxygen atoms in total. The first-order chi connectivity index (χ1) is 5.92. The second-order valence-electron chi connectivity index (χ2n) is 4.88. The van der Waals surface area contributed by atoms with Crippen LogP contribution in [0.25, 0.3) is 0 Å². The van der Waals surface area contributed by atoms with E-state index in [4.69, 9.17) is 10.5 Å². The van der Waals surface area contributed by atoms with Gasteiger partial charge < -0.3 is 10.5 Å². The normalized spacial score (nSPS) is 28.8. The minimum absolute atomic E-state index is 0.0301. The van der Waals surface area contributed by atoms with Gasteiger partial charge in [0.15, 0.2) is 0 Å². The fourth-order valence-electron chi connectivity index (χ4n) is 1.98. The molecular weight excluding hydrogens is 169 g/mol. The zero-order chi connectivity index (χ0) is 10.1. The van der Waals surface area contributed by atoms with Gasteiger partial charge in [0.25, 0.3) is 0 Å². The summed E-state index contributed by atoms with van der Waals surface area (Å²) in [7, 11) is 0. The summed E-state index contributed by atoms with van der Waals surface area (Å²) in [6.45, 7) is 6.98. The van der Waals surface area contributed by atoms with Gasteiger partial charge in [0.2, 0.25) is 0 Å². The lowest BCUT2D eigenvalue weighted by Gasteiger charge is -2.40. The van der Waals surface area contributed by atoms with E-state index in [-0.39, 0.29) is 12.5 Å². The van der Waals surface area contributed by atoms with Crippen LogP contribution >= 0.6 is 0 Å².